The van der Waals surface area contributed by atoms with Crippen LogP contribution in [0.15, 0.2) is 131 Å². The predicted molar refractivity (Wildman–Crippen MR) is 274 cm³/mol. The van der Waals surface area contributed by atoms with Crippen molar-refractivity contribution in [3.8, 4) is 29.9 Å². The lowest BCUT2D eigenvalue weighted by atomic mass is 9.96. The SMILES string of the molecule is Cc1ccc(N(C2=CCC(c3ccc(-c4ccc(/C=C5/SC(=S)N(CC(=O)O)C5=O)s4)s3)C=C2)c2ccc(-c3ccc(-c4ccc(/C=C5\SC(=S)N(CC(=O)O)C5=O)s4)s3)cc2)cc1. The first-order chi connectivity index (χ1) is 30.9. The van der Waals surface area contributed by atoms with E-state index in [0.29, 0.717) is 9.81 Å². The van der Waals surface area contributed by atoms with E-state index in [9.17, 15) is 19.2 Å². The molecule has 0 bridgehead atoms. The number of carboxylic acid groups (broad SMARTS) is 2. The monoisotopic (exact) mass is 991 g/mol. The number of thiophene rings is 4. The smallest absolute Gasteiger partial charge is 0.323 e. The summed E-state index contributed by atoms with van der Waals surface area (Å²) >= 11 is 19.4. The van der Waals surface area contributed by atoms with Gasteiger partial charge in [-0.05, 0) is 110 Å². The van der Waals surface area contributed by atoms with Crippen LogP contribution in [0, 0.1) is 6.92 Å². The number of rotatable bonds is 13. The van der Waals surface area contributed by atoms with Crippen LogP contribution in [0.5, 0.6) is 0 Å². The molecule has 320 valence electrons. The van der Waals surface area contributed by atoms with Crippen molar-refractivity contribution in [2.24, 2.45) is 0 Å². The summed E-state index contributed by atoms with van der Waals surface area (Å²) < 4.78 is 0.503. The molecule has 6 heterocycles. The number of anilines is 2. The molecular formula is C47H33N3O6S8. The van der Waals surface area contributed by atoms with Crippen LogP contribution in [0.3, 0.4) is 0 Å². The second kappa shape index (κ2) is 18.7. The molecule has 3 aliphatic rings. The van der Waals surface area contributed by atoms with Crippen molar-refractivity contribution in [3.63, 3.8) is 0 Å². The Morgan fingerprint density at radius 2 is 1.14 bits per heavy atom. The lowest BCUT2D eigenvalue weighted by molar-refractivity contribution is -0.140. The van der Waals surface area contributed by atoms with E-state index >= 15 is 0 Å². The number of benzene rings is 2. The van der Waals surface area contributed by atoms with Gasteiger partial charge in [-0.3, -0.25) is 29.0 Å². The van der Waals surface area contributed by atoms with Crippen molar-refractivity contribution in [1.29, 1.82) is 0 Å². The summed E-state index contributed by atoms with van der Waals surface area (Å²) in [5.74, 6) is -2.75. The van der Waals surface area contributed by atoms with Gasteiger partial charge in [-0.2, -0.15) is 0 Å². The van der Waals surface area contributed by atoms with Crippen LogP contribution in [0.4, 0.5) is 11.4 Å². The summed E-state index contributed by atoms with van der Waals surface area (Å²) in [5, 5.41) is 18.3. The molecule has 17 heteroatoms. The van der Waals surface area contributed by atoms with E-state index in [1.165, 1.54) is 10.4 Å². The van der Waals surface area contributed by atoms with Gasteiger partial charge in [0.1, 0.15) is 21.7 Å². The number of hydrogen-bond acceptors (Lipinski definition) is 13. The third-order valence-electron chi connectivity index (χ3n) is 10.3. The highest BCUT2D eigenvalue weighted by molar-refractivity contribution is 8.27. The first-order valence-corrected chi connectivity index (χ1v) is 25.3. The quantitative estimate of drug-likeness (QED) is 0.0850. The number of amides is 2. The number of carbonyl (C=O) groups excluding carboxylic acids is 2. The van der Waals surface area contributed by atoms with Crippen LogP contribution in [0.1, 0.15) is 32.5 Å². The maximum Gasteiger partial charge on any atom is 0.323 e. The first-order valence-electron chi connectivity index (χ1n) is 19.6. The van der Waals surface area contributed by atoms with Crippen molar-refractivity contribution < 1.29 is 29.4 Å². The summed E-state index contributed by atoms with van der Waals surface area (Å²) in [5.41, 5.74) is 5.51. The number of hydrogen-bond donors (Lipinski definition) is 2. The molecule has 2 fully saturated rings. The zero-order valence-electron chi connectivity index (χ0n) is 33.5. The molecule has 2 saturated heterocycles. The standard InChI is InChI=1S/C47H33N3O6S8/c1-26-2-8-29(9-3-26)50(30-10-4-27(5-11-30)34-18-20-38(61-34)36-16-14-32(59-36)22-40-44(55)48(24-42(51)52)46(57)63-40)31-12-6-28(7-13-31)35-19-21-39(62-35)37-17-15-33(60-37)23-41-45(56)49(25-43(53)54)47(58)64-41/h2-6,8-23,28H,7,24-25H2,1H3,(H,51,52)(H,53,54)/b40-22-,41-23+. The number of nitrogens with zero attached hydrogens (tertiary/aromatic N) is 3. The molecule has 9 rings (SSSR count). The van der Waals surface area contributed by atoms with Gasteiger partial charge in [0.15, 0.2) is 0 Å². The van der Waals surface area contributed by atoms with Gasteiger partial charge >= 0.3 is 11.9 Å². The highest BCUT2D eigenvalue weighted by atomic mass is 32.2. The molecule has 64 heavy (non-hydrogen) atoms. The molecule has 0 spiro atoms. The van der Waals surface area contributed by atoms with E-state index in [2.05, 4.69) is 109 Å². The average Bonchev–Trinajstić information content (AvgIpc) is 4.15. The van der Waals surface area contributed by atoms with Gasteiger partial charge in [0.05, 0.1) is 9.81 Å². The molecule has 9 nitrogen and oxygen atoms in total. The topological polar surface area (TPSA) is 118 Å². The van der Waals surface area contributed by atoms with Crippen molar-refractivity contribution in [1.82, 2.24) is 9.80 Å². The average molecular weight is 992 g/mol. The number of allylic oxidation sites excluding steroid dienone is 3. The van der Waals surface area contributed by atoms with Crippen LogP contribution in [0.2, 0.25) is 0 Å². The Morgan fingerprint density at radius 3 is 1.67 bits per heavy atom. The Bertz CT molecular complexity index is 3000. The maximum absolute atomic E-state index is 12.8. The Kier molecular flexibility index (Phi) is 12.9. The minimum Gasteiger partial charge on any atom is -0.480 e. The minimum absolute atomic E-state index is 0.223. The number of carboxylic acids is 2. The summed E-state index contributed by atoms with van der Waals surface area (Å²) in [7, 11) is 0. The first kappa shape index (κ1) is 44.0. The Hall–Kier alpha value is -5.24. The highest BCUT2D eigenvalue weighted by Gasteiger charge is 2.34. The Labute approximate surface area is 403 Å². The van der Waals surface area contributed by atoms with Gasteiger partial charge in [0.25, 0.3) is 11.8 Å². The largest absolute Gasteiger partial charge is 0.480 e. The molecule has 1 unspecified atom stereocenters. The minimum atomic E-state index is -1.11. The van der Waals surface area contributed by atoms with E-state index in [4.69, 9.17) is 34.6 Å². The molecule has 1 atom stereocenters. The molecule has 4 aromatic heterocycles. The molecular weight excluding hydrogens is 959 g/mol. The fourth-order valence-electron chi connectivity index (χ4n) is 7.14. The molecule has 2 aromatic carbocycles. The van der Waals surface area contributed by atoms with Crippen molar-refractivity contribution in [2.75, 3.05) is 18.0 Å². The maximum atomic E-state index is 12.8. The second-order valence-electron chi connectivity index (χ2n) is 14.6. The van der Waals surface area contributed by atoms with E-state index < -0.39 is 25.0 Å². The van der Waals surface area contributed by atoms with Gasteiger partial charge in [-0.1, -0.05) is 89.9 Å². The van der Waals surface area contributed by atoms with Crippen LogP contribution in [0.25, 0.3) is 42.1 Å². The third kappa shape index (κ3) is 9.44. The molecule has 2 N–H and O–H groups in total. The van der Waals surface area contributed by atoms with Gasteiger partial charge < -0.3 is 15.1 Å². The van der Waals surface area contributed by atoms with E-state index in [1.807, 2.05) is 18.2 Å². The fourth-order valence-corrected chi connectivity index (χ4v) is 14.0. The number of thiocarbonyl (C=S) groups is 2. The molecule has 1 aliphatic carbocycles. The predicted octanol–water partition coefficient (Wildman–Crippen LogP) is 12.6. The van der Waals surface area contributed by atoms with Crippen molar-refractivity contribution in [3.05, 3.63) is 151 Å². The fraction of sp³-hybridized carbons (Fsp3) is 0.106. The number of aliphatic carboxylic acids is 2. The normalized spacial score (nSPS) is 17.6. The summed E-state index contributed by atoms with van der Waals surface area (Å²) in [6.07, 6.45) is 11.2. The second-order valence-corrected chi connectivity index (χ2v) is 22.4. The van der Waals surface area contributed by atoms with Crippen LogP contribution < -0.4 is 4.90 Å². The van der Waals surface area contributed by atoms with Crippen molar-refractivity contribution in [2.45, 2.75) is 19.3 Å². The lowest BCUT2D eigenvalue weighted by Crippen LogP contribution is -2.33. The van der Waals surface area contributed by atoms with Gasteiger partial charge in [-0.25, -0.2) is 0 Å². The van der Waals surface area contributed by atoms with Crippen LogP contribution >= 0.6 is 93.3 Å². The summed E-state index contributed by atoms with van der Waals surface area (Å²) in [4.78, 5) is 62.0. The van der Waals surface area contributed by atoms with E-state index in [0.717, 1.165) is 96.5 Å². The Balaban J connectivity index is 0.882. The molecule has 0 saturated carbocycles. The zero-order valence-corrected chi connectivity index (χ0v) is 40.0. The lowest BCUT2D eigenvalue weighted by Gasteiger charge is -2.29. The van der Waals surface area contributed by atoms with Gasteiger partial charge in [0, 0.05) is 62.0 Å². The third-order valence-corrected chi connectivity index (χ3v) is 17.8. The number of thioether (sulfide) groups is 2. The summed E-state index contributed by atoms with van der Waals surface area (Å²) in [6.45, 7) is 1.20. The van der Waals surface area contributed by atoms with Crippen LogP contribution in [-0.4, -0.2) is 65.5 Å². The van der Waals surface area contributed by atoms with Crippen LogP contribution in [-0.2, 0) is 19.2 Å². The molecule has 6 aromatic rings. The highest BCUT2D eigenvalue weighted by Crippen LogP contribution is 2.44. The number of aryl methyl sites for hydroxylation is 1. The van der Waals surface area contributed by atoms with Crippen molar-refractivity contribution >= 4 is 149 Å². The molecule has 2 amide bonds. The van der Waals surface area contributed by atoms with Gasteiger partial charge in [0.2, 0.25) is 0 Å². The van der Waals surface area contributed by atoms with E-state index in [1.54, 1.807) is 57.5 Å². The van der Waals surface area contributed by atoms with Gasteiger partial charge in [-0.15, -0.1) is 45.3 Å². The molecule has 0 radical (unpaired) electrons. The zero-order chi connectivity index (χ0) is 44.6. The molecule has 2 aliphatic heterocycles. The van der Waals surface area contributed by atoms with E-state index in [-0.39, 0.29) is 26.4 Å². The Morgan fingerprint density at radius 1 is 0.656 bits per heavy atom. The number of carbonyl (C=O) groups is 4. The summed E-state index contributed by atoms with van der Waals surface area (Å²) in [6, 6.07) is 33.8.